The fourth-order valence-electron chi connectivity index (χ4n) is 2.36. The molecule has 5 heteroatoms. The van der Waals surface area contributed by atoms with Crippen LogP contribution < -0.4 is 10.1 Å². The summed E-state index contributed by atoms with van der Waals surface area (Å²) in [5.41, 5.74) is 1.03. The minimum Gasteiger partial charge on any atom is -0.497 e. The lowest BCUT2D eigenvalue weighted by Crippen LogP contribution is -2.22. The van der Waals surface area contributed by atoms with Crippen molar-refractivity contribution in [2.75, 3.05) is 7.11 Å². The van der Waals surface area contributed by atoms with E-state index in [2.05, 4.69) is 5.32 Å². The zero-order valence-electron chi connectivity index (χ0n) is 13.2. The standard InChI is InChI=1S/C18H21NO4/c1-23-16-9-8-14-10-13(6-7-15(14)11-16)12-19-17(20)4-2-3-5-18(21)22/h6-11H,2-5,12H2,1H3,(H,19,20)(H,21,22). The van der Waals surface area contributed by atoms with Gasteiger partial charge >= 0.3 is 5.97 Å². The smallest absolute Gasteiger partial charge is 0.303 e. The Morgan fingerprint density at radius 3 is 2.48 bits per heavy atom. The van der Waals surface area contributed by atoms with Crippen LogP contribution in [-0.4, -0.2) is 24.1 Å². The van der Waals surface area contributed by atoms with Gasteiger partial charge in [0, 0.05) is 19.4 Å². The lowest BCUT2D eigenvalue weighted by atomic mass is 10.1. The van der Waals surface area contributed by atoms with Gasteiger partial charge in [0.05, 0.1) is 7.11 Å². The first kappa shape index (κ1) is 16.8. The van der Waals surface area contributed by atoms with Crippen molar-refractivity contribution in [3.8, 4) is 5.75 Å². The Bertz CT molecular complexity index is 696. The number of methoxy groups -OCH3 is 1. The van der Waals surface area contributed by atoms with E-state index in [1.54, 1.807) is 7.11 Å². The zero-order valence-corrected chi connectivity index (χ0v) is 13.2. The van der Waals surface area contributed by atoms with Gasteiger partial charge in [0.1, 0.15) is 5.75 Å². The lowest BCUT2D eigenvalue weighted by Gasteiger charge is -2.07. The van der Waals surface area contributed by atoms with Crippen molar-refractivity contribution in [1.29, 1.82) is 0 Å². The molecule has 0 saturated carbocycles. The summed E-state index contributed by atoms with van der Waals surface area (Å²) in [4.78, 5) is 22.1. The molecule has 2 aromatic carbocycles. The first-order valence-corrected chi connectivity index (χ1v) is 7.63. The molecule has 0 spiro atoms. The third kappa shape index (κ3) is 5.29. The second-order valence-corrected chi connectivity index (χ2v) is 5.43. The van der Waals surface area contributed by atoms with Gasteiger partial charge in [-0.15, -0.1) is 0 Å². The highest BCUT2D eigenvalue weighted by atomic mass is 16.5. The average Bonchev–Trinajstić information content (AvgIpc) is 2.56. The van der Waals surface area contributed by atoms with Crippen LogP contribution in [0.3, 0.4) is 0 Å². The number of carbonyl (C=O) groups is 2. The van der Waals surface area contributed by atoms with Gasteiger partial charge in [-0.25, -0.2) is 0 Å². The van der Waals surface area contributed by atoms with Gasteiger partial charge in [-0.2, -0.15) is 0 Å². The number of unbranched alkanes of at least 4 members (excludes halogenated alkanes) is 1. The Morgan fingerprint density at radius 1 is 1.04 bits per heavy atom. The van der Waals surface area contributed by atoms with Crippen LogP contribution in [-0.2, 0) is 16.1 Å². The molecule has 2 rings (SSSR count). The van der Waals surface area contributed by atoms with Crippen molar-refractivity contribution in [3.63, 3.8) is 0 Å². The largest absolute Gasteiger partial charge is 0.497 e. The summed E-state index contributed by atoms with van der Waals surface area (Å²) < 4.78 is 5.20. The summed E-state index contributed by atoms with van der Waals surface area (Å²) >= 11 is 0. The van der Waals surface area contributed by atoms with Crippen LogP contribution in [0.5, 0.6) is 5.75 Å². The summed E-state index contributed by atoms with van der Waals surface area (Å²) in [5.74, 6) is -0.0525. The lowest BCUT2D eigenvalue weighted by molar-refractivity contribution is -0.137. The molecule has 0 heterocycles. The van der Waals surface area contributed by atoms with Gasteiger partial charge in [-0.05, 0) is 47.4 Å². The topological polar surface area (TPSA) is 75.6 Å². The van der Waals surface area contributed by atoms with Crippen LogP contribution >= 0.6 is 0 Å². The van der Waals surface area contributed by atoms with E-state index in [0.717, 1.165) is 22.1 Å². The number of nitrogens with one attached hydrogen (secondary N) is 1. The quantitative estimate of drug-likeness (QED) is 0.734. The molecule has 23 heavy (non-hydrogen) atoms. The molecule has 0 aliphatic rings. The van der Waals surface area contributed by atoms with Crippen molar-refractivity contribution in [1.82, 2.24) is 5.32 Å². The second kappa shape index (κ2) is 8.17. The second-order valence-electron chi connectivity index (χ2n) is 5.43. The Labute approximate surface area is 135 Å². The van der Waals surface area contributed by atoms with Crippen molar-refractivity contribution in [2.45, 2.75) is 32.2 Å². The minimum atomic E-state index is -0.821. The maximum absolute atomic E-state index is 11.7. The number of carboxylic acids is 1. The first-order chi connectivity index (χ1) is 11.1. The van der Waals surface area contributed by atoms with E-state index in [9.17, 15) is 9.59 Å². The summed E-state index contributed by atoms with van der Waals surface area (Å²) in [6, 6.07) is 11.9. The van der Waals surface area contributed by atoms with Crippen molar-refractivity contribution in [3.05, 3.63) is 42.0 Å². The average molecular weight is 315 g/mol. The monoisotopic (exact) mass is 315 g/mol. The molecular formula is C18H21NO4. The number of carbonyl (C=O) groups excluding carboxylic acids is 1. The number of benzene rings is 2. The number of carboxylic acid groups (broad SMARTS) is 1. The SMILES string of the molecule is COc1ccc2cc(CNC(=O)CCCCC(=O)O)ccc2c1. The van der Waals surface area contributed by atoms with Gasteiger partial charge < -0.3 is 15.2 Å². The molecule has 122 valence electrons. The van der Waals surface area contributed by atoms with Gasteiger partial charge in [0.2, 0.25) is 5.91 Å². The molecule has 0 bridgehead atoms. The van der Waals surface area contributed by atoms with Crippen LogP contribution in [0.15, 0.2) is 36.4 Å². The molecule has 0 saturated heterocycles. The van der Waals surface area contributed by atoms with Crippen LogP contribution in [0.4, 0.5) is 0 Å². The van der Waals surface area contributed by atoms with E-state index in [0.29, 0.717) is 25.8 Å². The van der Waals surface area contributed by atoms with Crippen molar-refractivity contribution >= 4 is 22.6 Å². The van der Waals surface area contributed by atoms with Gasteiger partial charge in [-0.1, -0.05) is 18.2 Å². The van der Waals surface area contributed by atoms with E-state index >= 15 is 0 Å². The van der Waals surface area contributed by atoms with Gasteiger partial charge in [0.15, 0.2) is 0 Å². The molecular weight excluding hydrogens is 294 g/mol. The molecule has 5 nitrogen and oxygen atoms in total. The molecule has 1 amide bonds. The highest BCUT2D eigenvalue weighted by molar-refractivity contribution is 5.84. The van der Waals surface area contributed by atoms with Gasteiger partial charge in [0.25, 0.3) is 0 Å². The molecule has 0 radical (unpaired) electrons. The third-order valence-corrected chi connectivity index (χ3v) is 3.65. The highest BCUT2D eigenvalue weighted by Crippen LogP contribution is 2.21. The number of rotatable bonds is 8. The number of amides is 1. The van der Waals surface area contributed by atoms with Crippen LogP contribution in [0.1, 0.15) is 31.2 Å². The predicted octanol–water partition coefficient (Wildman–Crippen LogP) is 3.11. The number of hydrogen-bond donors (Lipinski definition) is 2. The fraction of sp³-hybridized carbons (Fsp3) is 0.333. The Morgan fingerprint density at radius 2 is 1.74 bits per heavy atom. The maximum atomic E-state index is 11.7. The molecule has 0 unspecified atom stereocenters. The Balaban J connectivity index is 1.84. The molecule has 0 atom stereocenters. The van der Waals surface area contributed by atoms with Gasteiger partial charge in [-0.3, -0.25) is 9.59 Å². The Hall–Kier alpha value is -2.56. The molecule has 2 aromatic rings. The Kier molecular flexibility index (Phi) is 5.97. The van der Waals surface area contributed by atoms with Crippen LogP contribution in [0.2, 0.25) is 0 Å². The number of aliphatic carboxylic acids is 1. The molecule has 0 aliphatic carbocycles. The van der Waals surface area contributed by atoms with Crippen molar-refractivity contribution in [2.24, 2.45) is 0 Å². The number of fused-ring (bicyclic) bond motifs is 1. The fourth-order valence-corrected chi connectivity index (χ4v) is 2.36. The summed E-state index contributed by atoms with van der Waals surface area (Å²) in [5, 5.41) is 13.6. The summed E-state index contributed by atoms with van der Waals surface area (Å²) in [6.45, 7) is 0.472. The van der Waals surface area contributed by atoms with E-state index < -0.39 is 5.97 Å². The minimum absolute atomic E-state index is 0.0507. The normalized spacial score (nSPS) is 10.5. The first-order valence-electron chi connectivity index (χ1n) is 7.63. The zero-order chi connectivity index (χ0) is 16.7. The molecule has 2 N–H and O–H groups in total. The van der Waals surface area contributed by atoms with Crippen LogP contribution in [0.25, 0.3) is 10.8 Å². The third-order valence-electron chi connectivity index (χ3n) is 3.65. The maximum Gasteiger partial charge on any atom is 0.303 e. The van der Waals surface area contributed by atoms with E-state index in [-0.39, 0.29) is 12.3 Å². The van der Waals surface area contributed by atoms with E-state index in [1.807, 2.05) is 36.4 Å². The van der Waals surface area contributed by atoms with E-state index in [1.165, 1.54) is 0 Å². The predicted molar refractivity (Wildman–Crippen MR) is 88.5 cm³/mol. The molecule has 0 fully saturated rings. The van der Waals surface area contributed by atoms with Crippen LogP contribution in [0, 0.1) is 0 Å². The molecule has 0 aliphatic heterocycles. The number of ether oxygens (including phenoxy) is 1. The van der Waals surface area contributed by atoms with Crippen molar-refractivity contribution < 1.29 is 19.4 Å². The number of hydrogen-bond acceptors (Lipinski definition) is 3. The van der Waals surface area contributed by atoms with E-state index in [4.69, 9.17) is 9.84 Å². The summed E-state index contributed by atoms with van der Waals surface area (Å²) in [7, 11) is 1.64. The molecule has 0 aromatic heterocycles. The highest BCUT2D eigenvalue weighted by Gasteiger charge is 2.04. The summed E-state index contributed by atoms with van der Waals surface area (Å²) in [6.07, 6.45) is 1.59.